The lowest BCUT2D eigenvalue weighted by atomic mass is 10.1. The average Bonchev–Trinajstić information content (AvgIpc) is 3.00. The van der Waals surface area contributed by atoms with Gasteiger partial charge in [0.1, 0.15) is 0 Å². The summed E-state index contributed by atoms with van der Waals surface area (Å²) < 4.78 is 4.91. The van der Waals surface area contributed by atoms with Gasteiger partial charge in [0.15, 0.2) is 0 Å². The molecule has 0 heterocycles. The molecule has 2 unspecified atom stereocenters. The normalized spacial score (nSPS) is 19.7. The first-order valence-electron chi connectivity index (χ1n) is 5.56. The quantitative estimate of drug-likeness (QED) is 0.681. The van der Waals surface area contributed by atoms with Crippen LogP contribution in [0.5, 0.6) is 0 Å². The maximum Gasteiger partial charge on any atom is 0.223 e. The summed E-state index contributed by atoms with van der Waals surface area (Å²) in [6.45, 7) is 3.18. The second kappa shape index (κ2) is 6.33. The van der Waals surface area contributed by atoms with E-state index in [-0.39, 0.29) is 17.2 Å². The minimum Gasteiger partial charge on any atom is -0.383 e. The Kier molecular flexibility index (Phi) is 5.40. The number of hydrogen-bond acceptors (Lipinski definition) is 2. The molecule has 88 valence electrons. The molecular formula is C11H20ClNO2. The molecule has 1 N–H and O–H groups in total. The fourth-order valence-corrected chi connectivity index (χ4v) is 1.82. The molecule has 2 atom stereocenters. The summed E-state index contributed by atoms with van der Waals surface area (Å²) in [6, 6.07) is 0. The van der Waals surface area contributed by atoms with Crippen LogP contribution in [0.2, 0.25) is 0 Å². The van der Waals surface area contributed by atoms with E-state index in [1.54, 1.807) is 7.11 Å². The average molecular weight is 234 g/mol. The zero-order valence-electron chi connectivity index (χ0n) is 9.46. The Morgan fingerprint density at radius 2 is 2.27 bits per heavy atom. The predicted octanol–water partition coefficient (Wildman–Crippen LogP) is 1.79. The first-order valence-corrected chi connectivity index (χ1v) is 5.99. The number of halogens is 1. The number of ether oxygens (including phenoxy) is 1. The van der Waals surface area contributed by atoms with Crippen LogP contribution >= 0.6 is 11.6 Å². The summed E-state index contributed by atoms with van der Waals surface area (Å²) in [5.41, 5.74) is 0. The van der Waals surface area contributed by atoms with Gasteiger partial charge in [0, 0.05) is 19.6 Å². The largest absolute Gasteiger partial charge is 0.383 e. The van der Waals surface area contributed by atoms with Gasteiger partial charge in [0.25, 0.3) is 0 Å². The smallest absolute Gasteiger partial charge is 0.223 e. The van der Waals surface area contributed by atoms with Crippen molar-refractivity contribution in [3.8, 4) is 0 Å². The van der Waals surface area contributed by atoms with E-state index in [0.29, 0.717) is 19.1 Å². The van der Waals surface area contributed by atoms with Crippen molar-refractivity contribution in [3.05, 3.63) is 0 Å². The molecule has 0 aromatic heterocycles. The molecule has 1 aliphatic rings. The third-order valence-corrected chi connectivity index (χ3v) is 3.19. The van der Waals surface area contributed by atoms with Gasteiger partial charge in [-0.15, -0.1) is 11.6 Å². The number of carbonyl (C=O) groups is 1. The molecular weight excluding hydrogens is 214 g/mol. The van der Waals surface area contributed by atoms with Crippen molar-refractivity contribution in [2.24, 2.45) is 11.8 Å². The van der Waals surface area contributed by atoms with E-state index in [1.165, 1.54) is 12.8 Å². The van der Waals surface area contributed by atoms with E-state index in [9.17, 15) is 4.79 Å². The van der Waals surface area contributed by atoms with Gasteiger partial charge in [-0.05, 0) is 25.2 Å². The lowest BCUT2D eigenvalue weighted by molar-refractivity contribution is -0.125. The van der Waals surface area contributed by atoms with E-state index in [2.05, 4.69) is 5.32 Å². The maximum atomic E-state index is 11.6. The molecule has 1 aliphatic carbocycles. The Bertz CT molecular complexity index is 207. The van der Waals surface area contributed by atoms with Crippen LogP contribution in [-0.2, 0) is 9.53 Å². The topological polar surface area (TPSA) is 38.3 Å². The van der Waals surface area contributed by atoms with Crippen LogP contribution in [0.25, 0.3) is 0 Å². The molecule has 1 rings (SSSR count). The van der Waals surface area contributed by atoms with E-state index in [1.807, 2.05) is 6.92 Å². The molecule has 0 spiro atoms. The highest BCUT2D eigenvalue weighted by Gasteiger charge is 2.32. The predicted molar refractivity (Wildman–Crippen MR) is 61.0 cm³/mol. The van der Waals surface area contributed by atoms with Crippen molar-refractivity contribution >= 4 is 17.5 Å². The van der Waals surface area contributed by atoms with Gasteiger partial charge in [0.2, 0.25) is 5.91 Å². The minimum atomic E-state index is -0.00784. The SMILES string of the molecule is COCC(Cl)CCNC(=O)C(C)C1CC1. The van der Waals surface area contributed by atoms with Crippen LogP contribution < -0.4 is 5.32 Å². The van der Waals surface area contributed by atoms with Crippen molar-refractivity contribution in [2.45, 2.75) is 31.6 Å². The summed E-state index contributed by atoms with van der Waals surface area (Å²) >= 11 is 5.94. The molecule has 0 aliphatic heterocycles. The molecule has 0 aromatic carbocycles. The van der Waals surface area contributed by atoms with Crippen LogP contribution in [-0.4, -0.2) is 31.5 Å². The molecule has 1 saturated carbocycles. The molecule has 3 nitrogen and oxygen atoms in total. The molecule has 0 radical (unpaired) electrons. The highest BCUT2D eigenvalue weighted by Crippen LogP contribution is 2.36. The van der Waals surface area contributed by atoms with E-state index in [0.717, 1.165) is 6.42 Å². The van der Waals surface area contributed by atoms with Crippen LogP contribution in [0.4, 0.5) is 0 Å². The molecule has 0 saturated heterocycles. The third-order valence-electron chi connectivity index (χ3n) is 2.85. The van der Waals surface area contributed by atoms with Gasteiger partial charge < -0.3 is 10.1 Å². The van der Waals surface area contributed by atoms with Gasteiger partial charge in [-0.1, -0.05) is 6.92 Å². The van der Waals surface area contributed by atoms with Crippen LogP contribution in [0.3, 0.4) is 0 Å². The molecule has 15 heavy (non-hydrogen) atoms. The van der Waals surface area contributed by atoms with E-state index >= 15 is 0 Å². The lowest BCUT2D eigenvalue weighted by Crippen LogP contribution is -2.32. The number of amides is 1. The first-order chi connectivity index (χ1) is 7.15. The van der Waals surface area contributed by atoms with Gasteiger partial charge >= 0.3 is 0 Å². The van der Waals surface area contributed by atoms with Gasteiger partial charge in [-0.2, -0.15) is 0 Å². The lowest BCUT2D eigenvalue weighted by Gasteiger charge is -2.12. The van der Waals surface area contributed by atoms with E-state index < -0.39 is 0 Å². The fourth-order valence-electron chi connectivity index (χ4n) is 1.59. The second-order valence-corrected chi connectivity index (χ2v) is 4.88. The molecule has 0 bridgehead atoms. The highest BCUT2D eigenvalue weighted by molar-refractivity contribution is 6.20. The fraction of sp³-hybridized carbons (Fsp3) is 0.909. The summed E-state index contributed by atoms with van der Waals surface area (Å²) in [5.74, 6) is 0.954. The molecule has 1 amide bonds. The Labute approximate surface area is 96.5 Å². The van der Waals surface area contributed by atoms with Crippen LogP contribution in [0.15, 0.2) is 0 Å². The zero-order valence-corrected chi connectivity index (χ0v) is 10.2. The van der Waals surface area contributed by atoms with Gasteiger partial charge in [-0.25, -0.2) is 0 Å². The molecule has 4 heteroatoms. The Hall–Kier alpha value is -0.280. The third kappa shape index (κ3) is 4.85. The molecule has 0 aromatic rings. The summed E-state index contributed by atoms with van der Waals surface area (Å²) in [7, 11) is 1.63. The summed E-state index contributed by atoms with van der Waals surface area (Å²) in [4.78, 5) is 11.6. The van der Waals surface area contributed by atoms with Crippen LogP contribution in [0.1, 0.15) is 26.2 Å². The summed E-state index contributed by atoms with van der Waals surface area (Å²) in [5, 5.41) is 2.91. The maximum absolute atomic E-state index is 11.6. The van der Waals surface area contributed by atoms with Crippen molar-refractivity contribution in [3.63, 3.8) is 0 Å². The number of carbonyl (C=O) groups excluding carboxylic acids is 1. The standard InChI is InChI=1S/C11H20ClNO2/c1-8(9-3-4-9)11(14)13-6-5-10(12)7-15-2/h8-10H,3-7H2,1-2H3,(H,13,14). The Morgan fingerprint density at radius 3 is 2.80 bits per heavy atom. The van der Waals surface area contributed by atoms with Crippen molar-refractivity contribution < 1.29 is 9.53 Å². The van der Waals surface area contributed by atoms with E-state index in [4.69, 9.17) is 16.3 Å². The number of nitrogens with one attached hydrogen (secondary N) is 1. The highest BCUT2D eigenvalue weighted by atomic mass is 35.5. The Morgan fingerprint density at radius 1 is 1.60 bits per heavy atom. The number of hydrogen-bond donors (Lipinski definition) is 1. The molecule has 1 fully saturated rings. The number of methoxy groups -OCH3 is 1. The Balaban J connectivity index is 2.05. The first kappa shape index (κ1) is 12.8. The second-order valence-electron chi connectivity index (χ2n) is 4.26. The van der Waals surface area contributed by atoms with Gasteiger partial charge in [0.05, 0.1) is 12.0 Å². The zero-order chi connectivity index (χ0) is 11.3. The van der Waals surface area contributed by atoms with Crippen molar-refractivity contribution in [2.75, 3.05) is 20.3 Å². The minimum absolute atomic E-state index is 0.00784. The number of alkyl halides is 1. The van der Waals surface area contributed by atoms with Gasteiger partial charge in [-0.3, -0.25) is 4.79 Å². The van der Waals surface area contributed by atoms with Crippen LogP contribution in [0, 0.1) is 11.8 Å². The van der Waals surface area contributed by atoms with Crippen molar-refractivity contribution in [1.82, 2.24) is 5.32 Å². The van der Waals surface area contributed by atoms with Crippen molar-refractivity contribution in [1.29, 1.82) is 0 Å². The monoisotopic (exact) mass is 233 g/mol. The summed E-state index contributed by atoms with van der Waals surface area (Å²) in [6.07, 6.45) is 3.17. The number of rotatable bonds is 7.